The molecule has 1 aromatic rings. The van der Waals surface area contributed by atoms with Gasteiger partial charge in [-0.1, -0.05) is 0 Å². The lowest BCUT2D eigenvalue weighted by molar-refractivity contribution is 0.576. The van der Waals surface area contributed by atoms with Gasteiger partial charge in [-0.05, 0) is 31.0 Å². The number of nitrogens with one attached hydrogen (secondary N) is 1. The van der Waals surface area contributed by atoms with Crippen molar-refractivity contribution in [1.82, 2.24) is 9.71 Å². The van der Waals surface area contributed by atoms with Gasteiger partial charge in [0.1, 0.15) is 6.04 Å². The van der Waals surface area contributed by atoms with Crippen LogP contribution in [0.1, 0.15) is 12.5 Å². The van der Waals surface area contributed by atoms with Crippen LogP contribution in [0.4, 0.5) is 0 Å². The lowest BCUT2D eigenvalue weighted by atomic mass is 10.2. The molecule has 1 N–H and O–H groups in total. The molecule has 16 heavy (non-hydrogen) atoms. The summed E-state index contributed by atoms with van der Waals surface area (Å²) < 4.78 is 25.3. The average molecular weight is 239 g/mol. The highest BCUT2D eigenvalue weighted by Gasteiger charge is 2.13. The van der Waals surface area contributed by atoms with Crippen LogP contribution in [0.5, 0.6) is 0 Å². The Balaban J connectivity index is 2.53. The second-order valence-electron chi connectivity index (χ2n) is 3.39. The molecule has 0 amide bonds. The SMILES string of the molecule is CC(C#N)NS(=O)(=O)CCc1ccncc1. The summed E-state index contributed by atoms with van der Waals surface area (Å²) in [6.07, 6.45) is 3.65. The minimum atomic E-state index is -3.38. The molecule has 0 saturated carbocycles. The Morgan fingerprint density at radius 1 is 1.50 bits per heavy atom. The predicted molar refractivity (Wildman–Crippen MR) is 59.9 cm³/mol. The van der Waals surface area contributed by atoms with Crippen molar-refractivity contribution in [2.45, 2.75) is 19.4 Å². The van der Waals surface area contributed by atoms with Crippen molar-refractivity contribution in [3.8, 4) is 6.07 Å². The Morgan fingerprint density at radius 2 is 2.12 bits per heavy atom. The predicted octanol–water partition coefficient (Wildman–Crippen LogP) is 0.456. The van der Waals surface area contributed by atoms with Crippen LogP contribution in [0, 0.1) is 11.3 Å². The van der Waals surface area contributed by atoms with Gasteiger partial charge in [-0.2, -0.15) is 9.98 Å². The molecule has 86 valence electrons. The average Bonchev–Trinajstić information content (AvgIpc) is 2.27. The van der Waals surface area contributed by atoms with Crippen LogP contribution in [-0.4, -0.2) is 25.2 Å². The van der Waals surface area contributed by atoms with Gasteiger partial charge in [0.15, 0.2) is 0 Å². The Hall–Kier alpha value is -1.45. The van der Waals surface area contributed by atoms with E-state index in [1.165, 1.54) is 6.92 Å². The molecular weight excluding hydrogens is 226 g/mol. The van der Waals surface area contributed by atoms with E-state index in [0.717, 1.165) is 5.56 Å². The third-order valence-corrected chi connectivity index (χ3v) is 3.41. The normalized spacial score (nSPS) is 13.0. The van der Waals surface area contributed by atoms with E-state index in [2.05, 4.69) is 9.71 Å². The highest BCUT2D eigenvalue weighted by Crippen LogP contribution is 2.00. The van der Waals surface area contributed by atoms with Crippen LogP contribution < -0.4 is 4.72 Å². The summed E-state index contributed by atoms with van der Waals surface area (Å²) in [5.41, 5.74) is 0.907. The molecule has 0 fully saturated rings. The van der Waals surface area contributed by atoms with E-state index in [-0.39, 0.29) is 5.75 Å². The summed E-state index contributed by atoms with van der Waals surface area (Å²) in [4.78, 5) is 3.84. The van der Waals surface area contributed by atoms with Crippen LogP contribution >= 0.6 is 0 Å². The lowest BCUT2D eigenvalue weighted by Gasteiger charge is -2.07. The van der Waals surface area contributed by atoms with E-state index < -0.39 is 16.1 Å². The molecule has 0 aromatic carbocycles. The lowest BCUT2D eigenvalue weighted by Crippen LogP contribution is -2.33. The maximum Gasteiger partial charge on any atom is 0.213 e. The quantitative estimate of drug-likeness (QED) is 0.809. The molecular formula is C10H13N3O2S. The van der Waals surface area contributed by atoms with Gasteiger partial charge in [0.2, 0.25) is 10.0 Å². The van der Waals surface area contributed by atoms with Crippen LogP contribution in [0.15, 0.2) is 24.5 Å². The zero-order chi connectivity index (χ0) is 12.0. The monoisotopic (exact) mass is 239 g/mol. The van der Waals surface area contributed by atoms with Gasteiger partial charge in [-0.15, -0.1) is 0 Å². The summed E-state index contributed by atoms with van der Waals surface area (Å²) >= 11 is 0. The summed E-state index contributed by atoms with van der Waals surface area (Å²) in [7, 11) is -3.38. The van der Waals surface area contributed by atoms with Crippen LogP contribution in [-0.2, 0) is 16.4 Å². The van der Waals surface area contributed by atoms with Crippen molar-refractivity contribution < 1.29 is 8.42 Å². The molecule has 0 aliphatic heterocycles. The first-order chi connectivity index (χ1) is 7.53. The zero-order valence-electron chi connectivity index (χ0n) is 8.92. The minimum Gasteiger partial charge on any atom is -0.265 e. The van der Waals surface area contributed by atoms with Crippen molar-refractivity contribution in [2.24, 2.45) is 0 Å². The van der Waals surface area contributed by atoms with E-state index in [9.17, 15) is 8.42 Å². The molecule has 0 aliphatic rings. The summed E-state index contributed by atoms with van der Waals surface area (Å²) in [6.45, 7) is 1.50. The fourth-order valence-corrected chi connectivity index (χ4v) is 2.37. The maximum absolute atomic E-state index is 11.5. The molecule has 0 saturated heterocycles. The highest BCUT2D eigenvalue weighted by atomic mass is 32.2. The molecule has 1 aromatic heterocycles. The smallest absolute Gasteiger partial charge is 0.213 e. The number of nitriles is 1. The third-order valence-electron chi connectivity index (χ3n) is 1.96. The summed E-state index contributed by atoms with van der Waals surface area (Å²) in [5, 5.41) is 8.50. The molecule has 0 bridgehead atoms. The number of hydrogen-bond donors (Lipinski definition) is 1. The third kappa shape index (κ3) is 4.38. The molecule has 0 radical (unpaired) electrons. The molecule has 6 heteroatoms. The van der Waals surface area contributed by atoms with Gasteiger partial charge in [-0.25, -0.2) is 8.42 Å². The number of sulfonamides is 1. The standard InChI is InChI=1S/C10H13N3O2S/c1-9(8-11)13-16(14,15)7-4-10-2-5-12-6-3-10/h2-3,5-6,9,13H,4,7H2,1H3. The van der Waals surface area contributed by atoms with Gasteiger partial charge < -0.3 is 0 Å². The fraction of sp³-hybridized carbons (Fsp3) is 0.400. The number of nitrogens with zero attached hydrogens (tertiary/aromatic N) is 2. The molecule has 1 heterocycles. The number of aromatic nitrogens is 1. The molecule has 5 nitrogen and oxygen atoms in total. The Morgan fingerprint density at radius 3 is 2.69 bits per heavy atom. The van der Waals surface area contributed by atoms with E-state index in [4.69, 9.17) is 5.26 Å². The Bertz CT molecular complexity index is 465. The van der Waals surface area contributed by atoms with Crippen molar-refractivity contribution in [3.05, 3.63) is 30.1 Å². The van der Waals surface area contributed by atoms with Crippen LogP contribution in [0.25, 0.3) is 0 Å². The van der Waals surface area contributed by atoms with Gasteiger partial charge in [0.05, 0.1) is 11.8 Å². The molecule has 1 unspecified atom stereocenters. The van der Waals surface area contributed by atoms with Crippen molar-refractivity contribution >= 4 is 10.0 Å². The largest absolute Gasteiger partial charge is 0.265 e. The van der Waals surface area contributed by atoms with Crippen molar-refractivity contribution in [2.75, 3.05) is 5.75 Å². The van der Waals surface area contributed by atoms with E-state index in [0.29, 0.717) is 6.42 Å². The summed E-state index contributed by atoms with van der Waals surface area (Å²) in [5.74, 6) is -0.0248. The van der Waals surface area contributed by atoms with Gasteiger partial charge in [-0.3, -0.25) is 4.98 Å². The van der Waals surface area contributed by atoms with Crippen molar-refractivity contribution in [3.63, 3.8) is 0 Å². The summed E-state index contributed by atoms with van der Waals surface area (Å²) in [6, 6.07) is 4.66. The van der Waals surface area contributed by atoms with Crippen LogP contribution in [0.3, 0.4) is 0 Å². The minimum absolute atomic E-state index is 0.0248. The second-order valence-corrected chi connectivity index (χ2v) is 5.27. The topological polar surface area (TPSA) is 82.9 Å². The van der Waals surface area contributed by atoms with Crippen molar-refractivity contribution in [1.29, 1.82) is 5.26 Å². The van der Waals surface area contributed by atoms with E-state index in [1.54, 1.807) is 24.5 Å². The number of pyridine rings is 1. The van der Waals surface area contributed by atoms with Gasteiger partial charge >= 0.3 is 0 Å². The molecule has 0 spiro atoms. The Kier molecular flexibility index (Phi) is 4.40. The van der Waals surface area contributed by atoms with Gasteiger partial charge in [0, 0.05) is 12.4 Å². The second kappa shape index (κ2) is 5.58. The molecule has 1 atom stereocenters. The number of hydrogen-bond acceptors (Lipinski definition) is 4. The first kappa shape index (κ1) is 12.6. The first-order valence-electron chi connectivity index (χ1n) is 4.82. The fourth-order valence-electron chi connectivity index (χ4n) is 1.16. The van der Waals surface area contributed by atoms with E-state index >= 15 is 0 Å². The Labute approximate surface area is 95.2 Å². The van der Waals surface area contributed by atoms with Crippen LogP contribution in [0.2, 0.25) is 0 Å². The highest BCUT2D eigenvalue weighted by molar-refractivity contribution is 7.89. The zero-order valence-corrected chi connectivity index (χ0v) is 9.74. The molecule has 1 rings (SSSR count). The maximum atomic E-state index is 11.5. The van der Waals surface area contributed by atoms with Gasteiger partial charge in [0.25, 0.3) is 0 Å². The number of rotatable bonds is 5. The number of aryl methyl sites for hydroxylation is 1. The van der Waals surface area contributed by atoms with E-state index in [1.807, 2.05) is 6.07 Å². The molecule has 0 aliphatic carbocycles. The first-order valence-corrected chi connectivity index (χ1v) is 6.47.